The second-order valence-corrected chi connectivity index (χ2v) is 5.08. The quantitative estimate of drug-likeness (QED) is 0.877. The Labute approximate surface area is 115 Å². The van der Waals surface area contributed by atoms with Gasteiger partial charge in [0.25, 0.3) is 0 Å². The van der Waals surface area contributed by atoms with E-state index in [-0.39, 0.29) is 5.91 Å². The lowest BCUT2D eigenvalue weighted by atomic mass is 9.95. The Bertz CT molecular complexity index is 448. The molecule has 1 aromatic rings. The molecule has 1 aromatic carbocycles. The van der Waals surface area contributed by atoms with E-state index in [0.717, 1.165) is 10.0 Å². The normalized spacial score (nSPS) is 13.7. The Morgan fingerprint density at radius 1 is 1.28 bits per heavy atom. The zero-order valence-corrected chi connectivity index (χ0v) is 11.9. The van der Waals surface area contributed by atoms with Gasteiger partial charge in [-0.05, 0) is 11.6 Å². The topological polar surface area (TPSA) is 66.4 Å². The van der Waals surface area contributed by atoms with Gasteiger partial charge in [0.2, 0.25) is 5.91 Å². The van der Waals surface area contributed by atoms with Crippen LogP contribution in [0.25, 0.3) is 0 Å². The summed E-state index contributed by atoms with van der Waals surface area (Å²) in [5.41, 5.74) is 0.959. The molecule has 18 heavy (non-hydrogen) atoms. The summed E-state index contributed by atoms with van der Waals surface area (Å²) in [4.78, 5) is 22.6. The summed E-state index contributed by atoms with van der Waals surface area (Å²) in [6.07, 6.45) is 0. The van der Waals surface area contributed by atoms with Crippen LogP contribution in [0.4, 0.5) is 0 Å². The molecular formula is C13H16BrNO3. The standard InChI is InChI=1S/C13H16BrNO3/c1-8(9(2)13(17)18)12(16)15-7-10-5-3-4-6-11(10)14/h3-6,8-9H,7H2,1-2H3,(H,15,16)(H,17,18). The Hall–Kier alpha value is -1.36. The first kappa shape index (κ1) is 14.7. The average molecular weight is 314 g/mol. The van der Waals surface area contributed by atoms with Crippen LogP contribution in [-0.4, -0.2) is 17.0 Å². The van der Waals surface area contributed by atoms with Crippen molar-refractivity contribution < 1.29 is 14.7 Å². The second-order valence-electron chi connectivity index (χ2n) is 4.22. The first-order valence-electron chi connectivity index (χ1n) is 5.67. The molecule has 0 aliphatic carbocycles. The Balaban J connectivity index is 2.56. The highest BCUT2D eigenvalue weighted by Gasteiger charge is 2.25. The minimum Gasteiger partial charge on any atom is -0.481 e. The Morgan fingerprint density at radius 2 is 1.89 bits per heavy atom. The van der Waals surface area contributed by atoms with Crippen LogP contribution in [0.15, 0.2) is 28.7 Å². The van der Waals surface area contributed by atoms with Crippen molar-refractivity contribution in [1.82, 2.24) is 5.32 Å². The van der Waals surface area contributed by atoms with Gasteiger partial charge < -0.3 is 10.4 Å². The van der Waals surface area contributed by atoms with Crippen LogP contribution in [0.3, 0.4) is 0 Å². The summed E-state index contributed by atoms with van der Waals surface area (Å²) in [6, 6.07) is 7.57. The van der Waals surface area contributed by atoms with E-state index in [0.29, 0.717) is 6.54 Å². The minimum atomic E-state index is -0.960. The van der Waals surface area contributed by atoms with E-state index in [1.165, 1.54) is 6.92 Å². The van der Waals surface area contributed by atoms with Gasteiger partial charge in [0, 0.05) is 16.9 Å². The molecule has 0 spiro atoms. The number of rotatable bonds is 5. The molecule has 2 N–H and O–H groups in total. The fraction of sp³-hybridized carbons (Fsp3) is 0.385. The number of hydrogen-bond acceptors (Lipinski definition) is 2. The molecular weight excluding hydrogens is 298 g/mol. The van der Waals surface area contributed by atoms with Crippen LogP contribution in [0.2, 0.25) is 0 Å². The smallest absolute Gasteiger partial charge is 0.307 e. The van der Waals surface area contributed by atoms with Crippen molar-refractivity contribution in [2.45, 2.75) is 20.4 Å². The van der Waals surface area contributed by atoms with Crippen LogP contribution < -0.4 is 5.32 Å². The van der Waals surface area contributed by atoms with E-state index in [1.807, 2.05) is 24.3 Å². The van der Waals surface area contributed by atoms with Gasteiger partial charge in [0.15, 0.2) is 0 Å². The zero-order chi connectivity index (χ0) is 13.7. The number of carboxylic acid groups (broad SMARTS) is 1. The van der Waals surface area contributed by atoms with Crippen molar-refractivity contribution in [3.05, 3.63) is 34.3 Å². The van der Waals surface area contributed by atoms with E-state index in [4.69, 9.17) is 5.11 Å². The van der Waals surface area contributed by atoms with Gasteiger partial charge in [-0.1, -0.05) is 48.0 Å². The number of carbonyl (C=O) groups is 2. The summed E-state index contributed by atoms with van der Waals surface area (Å²) >= 11 is 3.39. The summed E-state index contributed by atoms with van der Waals surface area (Å²) in [5, 5.41) is 11.6. The van der Waals surface area contributed by atoms with Gasteiger partial charge in [0.05, 0.1) is 5.92 Å². The molecule has 1 rings (SSSR count). The molecule has 0 heterocycles. The first-order valence-corrected chi connectivity index (χ1v) is 6.46. The maximum absolute atomic E-state index is 11.8. The molecule has 4 nitrogen and oxygen atoms in total. The lowest BCUT2D eigenvalue weighted by Crippen LogP contribution is -2.34. The Kier molecular flexibility index (Phi) is 5.34. The molecule has 2 atom stereocenters. The van der Waals surface area contributed by atoms with Gasteiger partial charge in [0.1, 0.15) is 0 Å². The third-order valence-electron chi connectivity index (χ3n) is 2.96. The van der Waals surface area contributed by atoms with Crippen molar-refractivity contribution in [1.29, 1.82) is 0 Å². The first-order chi connectivity index (χ1) is 8.43. The number of carbonyl (C=O) groups excluding carboxylic acids is 1. The van der Waals surface area contributed by atoms with Crippen LogP contribution in [0.1, 0.15) is 19.4 Å². The van der Waals surface area contributed by atoms with Crippen molar-refractivity contribution >= 4 is 27.8 Å². The second kappa shape index (κ2) is 6.54. The maximum Gasteiger partial charge on any atom is 0.307 e. The van der Waals surface area contributed by atoms with Crippen molar-refractivity contribution in [2.24, 2.45) is 11.8 Å². The summed E-state index contributed by atoms with van der Waals surface area (Å²) in [6.45, 7) is 3.54. The molecule has 0 bridgehead atoms. The number of nitrogens with one attached hydrogen (secondary N) is 1. The zero-order valence-electron chi connectivity index (χ0n) is 10.3. The van der Waals surface area contributed by atoms with Gasteiger partial charge in [-0.3, -0.25) is 9.59 Å². The molecule has 0 aliphatic heterocycles. The molecule has 98 valence electrons. The molecule has 1 amide bonds. The number of aliphatic carboxylic acids is 1. The van der Waals surface area contributed by atoms with Crippen molar-refractivity contribution in [3.8, 4) is 0 Å². The van der Waals surface area contributed by atoms with Crippen molar-refractivity contribution in [2.75, 3.05) is 0 Å². The highest BCUT2D eigenvalue weighted by Crippen LogP contribution is 2.16. The van der Waals surface area contributed by atoms with E-state index < -0.39 is 17.8 Å². The predicted octanol–water partition coefficient (Wildman–Crippen LogP) is 2.42. The number of halogens is 1. The van der Waals surface area contributed by atoms with Gasteiger partial charge in [-0.2, -0.15) is 0 Å². The van der Waals surface area contributed by atoms with Crippen molar-refractivity contribution in [3.63, 3.8) is 0 Å². The maximum atomic E-state index is 11.8. The lowest BCUT2D eigenvalue weighted by molar-refractivity contribution is -0.146. The fourth-order valence-electron chi connectivity index (χ4n) is 1.43. The largest absolute Gasteiger partial charge is 0.481 e. The third kappa shape index (κ3) is 3.84. The average Bonchev–Trinajstić information content (AvgIpc) is 2.35. The number of benzene rings is 1. The van der Waals surface area contributed by atoms with Gasteiger partial charge in [-0.15, -0.1) is 0 Å². The minimum absolute atomic E-state index is 0.249. The monoisotopic (exact) mass is 313 g/mol. The van der Waals surface area contributed by atoms with E-state index in [9.17, 15) is 9.59 Å². The molecule has 2 unspecified atom stereocenters. The summed E-state index contributed by atoms with van der Waals surface area (Å²) in [7, 11) is 0. The molecule has 0 saturated heterocycles. The SMILES string of the molecule is CC(C(=O)O)C(C)C(=O)NCc1ccccc1Br. The molecule has 0 radical (unpaired) electrons. The van der Waals surface area contributed by atoms with E-state index in [1.54, 1.807) is 6.92 Å². The molecule has 0 aromatic heterocycles. The number of hydrogen-bond donors (Lipinski definition) is 2. The number of carboxylic acids is 1. The number of amides is 1. The Morgan fingerprint density at radius 3 is 2.44 bits per heavy atom. The lowest BCUT2D eigenvalue weighted by Gasteiger charge is -2.16. The predicted molar refractivity (Wildman–Crippen MR) is 72.0 cm³/mol. The van der Waals surface area contributed by atoms with Crippen LogP contribution in [0, 0.1) is 11.8 Å². The van der Waals surface area contributed by atoms with Gasteiger partial charge in [-0.25, -0.2) is 0 Å². The van der Waals surface area contributed by atoms with E-state index >= 15 is 0 Å². The fourth-order valence-corrected chi connectivity index (χ4v) is 1.85. The van der Waals surface area contributed by atoms with Crippen LogP contribution in [0.5, 0.6) is 0 Å². The molecule has 0 saturated carbocycles. The molecule has 0 fully saturated rings. The van der Waals surface area contributed by atoms with Gasteiger partial charge >= 0.3 is 5.97 Å². The highest BCUT2D eigenvalue weighted by atomic mass is 79.9. The summed E-state index contributed by atoms with van der Waals surface area (Å²) < 4.78 is 0.921. The highest BCUT2D eigenvalue weighted by molar-refractivity contribution is 9.10. The van der Waals surface area contributed by atoms with Crippen LogP contribution >= 0.6 is 15.9 Å². The van der Waals surface area contributed by atoms with Crippen LogP contribution in [-0.2, 0) is 16.1 Å². The summed E-state index contributed by atoms with van der Waals surface area (Å²) in [5.74, 6) is -2.45. The molecule has 5 heteroatoms. The molecule has 0 aliphatic rings. The van der Waals surface area contributed by atoms with E-state index in [2.05, 4.69) is 21.2 Å². The third-order valence-corrected chi connectivity index (χ3v) is 3.74.